The molecule has 0 spiro atoms. The zero-order valence-corrected chi connectivity index (χ0v) is 15.5. The van der Waals surface area contributed by atoms with E-state index in [0.29, 0.717) is 29.3 Å². The summed E-state index contributed by atoms with van der Waals surface area (Å²) < 4.78 is 10.7. The molecule has 0 amide bonds. The Bertz CT molecular complexity index is 750. The van der Waals surface area contributed by atoms with E-state index in [-0.39, 0.29) is 0 Å². The first-order valence-electron chi connectivity index (χ1n) is 8.64. The second kappa shape index (κ2) is 7.31. The molecule has 7 heteroatoms. The summed E-state index contributed by atoms with van der Waals surface area (Å²) in [4.78, 5) is 13.8. The summed E-state index contributed by atoms with van der Waals surface area (Å²) in [5, 5.41) is 0.780. The van der Waals surface area contributed by atoms with E-state index in [2.05, 4.69) is 28.9 Å². The van der Waals surface area contributed by atoms with Gasteiger partial charge >= 0.3 is 0 Å². The number of aromatic nitrogens is 2. The van der Waals surface area contributed by atoms with Crippen LogP contribution < -0.4 is 20.1 Å². The summed E-state index contributed by atoms with van der Waals surface area (Å²) in [6, 6.07) is 4.29. The molecule has 1 atom stereocenters. The van der Waals surface area contributed by atoms with Gasteiger partial charge < -0.3 is 25.0 Å². The van der Waals surface area contributed by atoms with Crippen LogP contribution in [0, 0.1) is 0 Å². The molecule has 1 aliphatic rings. The lowest BCUT2D eigenvalue weighted by Gasteiger charge is -2.23. The van der Waals surface area contributed by atoms with E-state index in [1.165, 1.54) is 6.42 Å². The van der Waals surface area contributed by atoms with Crippen molar-refractivity contribution in [3.05, 3.63) is 12.1 Å². The Kier molecular flexibility index (Phi) is 5.13. The minimum absolute atomic E-state index is 0.467. The van der Waals surface area contributed by atoms with Crippen LogP contribution in [0.15, 0.2) is 12.1 Å². The van der Waals surface area contributed by atoms with Crippen LogP contribution in [0.1, 0.15) is 19.3 Å². The molecule has 1 unspecified atom stereocenters. The van der Waals surface area contributed by atoms with Crippen LogP contribution in [0.3, 0.4) is 0 Å². The van der Waals surface area contributed by atoms with Crippen molar-refractivity contribution < 1.29 is 9.47 Å². The summed E-state index contributed by atoms with van der Waals surface area (Å²) in [5.41, 5.74) is 6.98. The molecule has 0 radical (unpaired) electrons. The van der Waals surface area contributed by atoms with Crippen molar-refractivity contribution in [1.29, 1.82) is 0 Å². The number of ether oxygens (including phenoxy) is 2. The second-order valence-electron chi connectivity index (χ2n) is 6.67. The Morgan fingerprint density at radius 1 is 1.08 bits per heavy atom. The van der Waals surface area contributed by atoms with Crippen LogP contribution in [-0.2, 0) is 0 Å². The van der Waals surface area contributed by atoms with Gasteiger partial charge in [-0.2, -0.15) is 4.98 Å². The Hall–Kier alpha value is -2.28. The molecule has 136 valence electrons. The number of anilines is 2. The van der Waals surface area contributed by atoms with Crippen molar-refractivity contribution in [1.82, 2.24) is 14.9 Å². The Labute approximate surface area is 148 Å². The molecule has 1 aliphatic heterocycles. The third kappa shape index (κ3) is 3.56. The molecule has 1 aromatic heterocycles. The van der Waals surface area contributed by atoms with Crippen molar-refractivity contribution >= 4 is 22.7 Å². The summed E-state index contributed by atoms with van der Waals surface area (Å²) in [7, 11) is 7.51. The summed E-state index contributed by atoms with van der Waals surface area (Å²) in [5.74, 6) is 2.43. The van der Waals surface area contributed by atoms with Crippen molar-refractivity contribution in [3.63, 3.8) is 0 Å². The fourth-order valence-electron chi connectivity index (χ4n) is 3.40. The SMILES string of the molecule is COc1cc2nc(N3CCCC(N(C)C)CC3)nc(N)c2cc1OC. The summed E-state index contributed by atoms with van der Waals surface area (Å²) in [6.07, 6.45) is 3.41. The maximum atomic E-state index is 6.21. The molecule has 25 heavy (non-hydrogen) atoms. The van der Waals surface area contributed by atoms with Gasteiger partial charge in [0.2, 0.25) is 5.95 Å². The number of fused-ring (bicyclic) bond motifs is 1. The molecule has 2 aromatic rings. The van der Waals surface area contributed by atoms with Crippen LogP contribution in [-0.4, -0.2) is 62.3 Å². The largest absolute Gasteiger partial charge is 0.493 e. The molecule has 3 rings (SSSR count). The lowest BCUT2D eigenvalue weighted by atomic mass is 10.1. The molecule has 1 aromatic carbocycles. The van der Waals surface area contributed by atoms with Crippen molar-refractivity contribution in [2.24, 2.45) is 0 Å². The van der Waals surface area contributed by atoms with Crippen molar-refractivity contribution in [2.45, 2.75) is 25.3 Å². The quantitative estimate of drug-likeness (QED) is 0.910. The highest BCUT2D eigenvalue weighted by Crippen LogP contribution is 2.34. The fourth-order valence-corrected chi connectivity index (χ4v) is 3.40. The fraction of sp³-hybridized carbons (Fsp3) is 0.556. The zero-order valence-electron chi connectivity index (χ0n) is 15.5. The van der Waals surface area contributed by atoms with E-state index in [0.717, 1.165) is 36.8 Å². The van der Waals surface area contributed by atoms with E-state index < -0.39 is 0 Å². The normalized spacial score (nSPS) is 18.4. The number of nitrogens with two attached hydrogens (primary N) is 1. The number of hydrogen-bond acceptors (Lipinski definition) is 7. The second-order valence-corrected chi connectivity index (χ2v) is 6.67. The smallest absolute Gasteiger partial charge is 0.227 e. The standard InChI is InChI=1S/C18H27N5O2/c1-22(2)12-6-5-8-23(9-7-12)18-20-14-11-16(25-4)15(24-3)10-13(14)17(19)21-18/h10-12H,5-9H2,1-4H3,(H2,19,20,21). The lowest BCUT2D eigenvalue weighted by molar-refractivity contribution is 0.272. The molecular weight excluding hydrogens is 318 g/mol. The minimum atomic E-state index is 0.467. The van der Waals surface area contributed by atoms with Crippen LogP contribution >= 0.6 is 0 Å². The summed E-state index contributed by atoms with van der Waals surface area (Å²) in [6.45, 7) is 1.88. The van der Waals surface area contributed by atoms with E-state index in [4.69, 9.17) is 20.2 Å². The molecule has 2 N–H and O–H groups in total. The average Bonchev–Trinajstić information content (AvgIpc) is 2.86. The average molecular weight is 345 g/mol. The number of rotatable bonds is 4. The predicted octanol–water partition coefficient (Wildman–Crippen LogP) is 2.15. The van der Waals surface area contributed by atoms with Crippen LogP contribution in [0.4, 0.5) is 11.8 Å². The monoisotopic (exact) mass is 345 g/mol. The Morgan fingerprint density at radius 2 is 1.80 bits per heavy atom. The van der Waals surface area contributed by atoms with Crippen molar-refractivity contribution in [2.75, 3.05) is 52.0 Å². The number of benzene rings is 1. The van der Waals surface area contributed by atoms with Crippen LogP contribution in [0.5, 0.6) is 11.5 Å². The first-order valence-corrected chi connectivity index (χ1v) is 8.64. The number of nitrogen functional groups attached to an aromatic ring is 1. The van der Waals surface area contributed by atoms with Gasteiger partial charge in [0.05, 0.1) is 19.7 Å². The van der Waals surface area contributed by atoms with Crippen LogP contribution in [0.25, 0.3) is 10.9 Å². The van der Waals surface area contributed by atoms with E-state index in [1.54, 1.807) is 14.2 Å². The zero-order chi connectivity index (χ0) is 18.0. The van der Waals surface area contributed by atoms with Gasteiger partial charge in [0, 0.05) is 30.6 Å². The molecular formula is C18H27N5O2. The molecule has 2 heterocycles. The number of methoxy groups -OCH3 is 2. The van der Waals surface area contributed by atoms with Gasteiger partial charge in [-0.15, -0.1) is 0 Å². The first kappa shape index (κ1) is 17.5. The number of hydrogen-bond donors (Lipinski definition) is 1. The molecule has 0 aliphatic carbocycles. The first-order chi connectivity index (χ1) is 12.0. The van der Waals surface area contributed by atoms with Gasteiger partial charge in [0.25, 0.3) is 0 Å². The van der Waals surface area contributed by atoms with E-state index >= 15 is 0 Å². The van der Waals surface area contributed by atoms with Crippen LogP contribution in [0.2, 0.25) is 0 Å². The maximum absolute atomic E-state index is 6.21. The van der Waals surface area contributed by atoms with Gasteiger partial charge in [0.15, 0.2) is 11.5 Å². The minimum Gasteiger partial charge on any atom is -0.493 e. The highest BCUT2D eigenvalue weighted by atomic mass is 16.5. The molecule has 1 fully saturated rings. The predicted molar refractivity (Wildman–Crippen MR) is 101 cm³/mol. The highest BCUT2D eigenvalue weighted by Gasteiger charge is 2.21. The van der Waals surface area contributed by atoms with Gasteiger partial charge in [-0.1, -0.05) is 0 Å². The molecule has 1 saturated heterocycles. The Balaban J connectivity index is 1.94. The molecule has 0 saturated carbocycles. The third-order valence-electron chi connectivity index (χ3n) is 4.93. The van der Waals surface area contributed by atoms with E-state index in [1.807, 2.05) is 12.1 Å². The molecule has 0 bridgehead atoms. The van der Waals surface area contributed by atoms with E-state index in [9.17, 15) is 0 Å². The molecule has 7 nitrogen and oxygen atoms in total. The van der Waals surface area contributed by atoms with Gasteiger partial charge in [-0.3, -0.25) is 0 Å². The lowest BCUT2D eigenvalue weighted by Crippen LogP contribution is -2.30. The number of nitrogens with zero attached hydrogens (tertiary/aromatic N) is 4. The summed E-state index contributed by atoms with van der Waals surface area (Å²) >= 11 is 0. The third-order valence-corrected chi connectivity index (χ3v) is 4.93. The van der Waals surface area contributed by atoms with Crippen molar-refractivity contribution in [3.8, 4) is 11.5 Å². The maximum Gasteiger partial charge on any atom is 0.227 e. The van der Waals surface area contributed by atoms with Gasteiger partial charge in [0.1, 0.15) is 5.82 Å². The topological polar surface area (TPSA) is 76.7 Å². The Morgan fingerprint density at radius 3 is 2.48 bits per heavy atom. The highest BCUT2D eigenvalue weighted by molar-refractivity contribution is 5.91. The van der Waals surface area contributed by atoms with Gasteiger partial charge in [-0.25, -0.2) is 4.98 Å². The van der Waals surface area contributed by atoms with Gasteiger partial charge in [-0.05, 0) is 39.4 Å².